The highest BCUT2D eigenvalue weighted by atomic mass is 16.5. The first-order valence-corrected chi connectivity index (χ1v) is 5.65. The Balaban J connectivity index is 1.95. The van der Waals surface area contributed by atoms with E-state index in [4.69, 9.17) is 9.26 Å². The maximum Gasteiger partial charge on any atom is 0.174 e. The average Bonchev–Trinajstić information content (AvgIpc) is 2.76. The molecule has 1 N–H and O–H groups in total. The fraction of sp³-hybridized carbons (Fsp3) is 0.308. The minimum Gasteiger partial charge on any atom is -0.504 e. The number of aromatic nitrogens is 1. The van der Waals surface area contributed by atoms with Crippen LogP contribution in [-0.2, 0) is 13.0 Å². The monoisotopic (exact) mass is 233 g/mol. The quantitative estimate of drug-likeness (QED) is 0.862. The number of benzene rings is 1. The SMILES string of the molecule is CCCc1cc(COc2ccccc2O)on1. The summed E-state index contributed by atoms with van der Waals surface area (Å²) in [6, 6.07) is 8.72. The van der Waals surface area contributed by atoms with Crippen LogP contribution in [0.5, 0.6) is 11.5 Å². The minimum absolute atomic E-state index is 0.126. The van der Waals surface area contributed by atoms with E-state index in [-0.39, 0.29) is 12.4 Å². The molecular formula is C13H15NO3. The third-order valence-corrected chi connectivity index (χ3v) is 2.35. The zero-order valence-electron chi connectivity index (χ0n) is 9.72. The van der Waals surface area contributed by atoms with E-state index in [2.05, 4.69) is 12.1 Å². The van der Waals surface area contributed by atoms with Crippen LogP contribution in [0.2, 0.25) is 0 Å². The first-order valence-electron chi connectivity index (χ1n) is 5.65. The van der Waals surface area contributed by atoms with Gasteiger partial charge in [0, 0.05) is 6.07 Å². The number of hydrogen-bond acceptors (Lipinski definition) is 4. The Labute approximate surface area is 99.8 Å². The van der Waals surface area contributed by atoms with Crippen LogP contribution in [0.25, 0.3) is 0 Å². The summed E-state index contributed by atoms with van der Waals surface area (Å²) >= 11 is 0. The van der Waals surface area contributed by atoms with Gasteiger partial charge in [-0.1, -0.05) is 30.6 Å². The van der Waals surface area contributed by atoms with Gasteiger partial charge in [-0.25, -0.2) is 0 Å². The molecule has 0 aliphatic carbocycles. The van der Waals surface area contributed by atoms with Crippen molar-refractivity contribution < 1.29 is 14.4 Å². The Hall–Kier alpha value is -1.97. The van der Waals surface area contributed by atoms with E-state index in [0.717, 1.165) is 18.5 Å². The molecule has 0 spiro atoms. The van der Waals surface area contributed by atoms with Crippen LogP contribution in [0.4, 0.5) is 0 Å². The van der Waals surface area contributed by atoms with Crippen LogP contribution in [0.15, 0.2) is 34.9 Å². The van der Waals surface area contributed by atoms with Gasteiger partial charge in [0.15, 0.2) is 17.3 Å². The molecule has 1 aromatic heterocycles. The van der Waals surface area contributed by atoms with Crippen molar-refractivity contribution in [3.05, 3.63) is 41.8 Å². The van der Waals surface area contributed by atoms with Crippen LogP contribution in [0.3, 0.4) is 0 Å². The van der Waals surface area contributed by atoms with Crippen LogP contribution in [-0.4, -0.2) is 10.3 Å². The Kier molecular flexibility index (Phi) is 3.65. The van der Waals surface area contributed by atoms with Gasteiger partial charge in [-0.2, -0.15) is 0 Å². The summed E-state index contributed by atoms with van der Waals surface area (Å²) in [7, 11) is 0. The largest absolute Gasteiger partial charge is 0.504 e. The van der Waals surface area contributed by atoms with Gasteiger partial charge < -0.3 is 14.4 Å². The molecule has 0 fully saturated rings. The van der Waals surface area contributed by atoms with Crippen molar-refractivity contribution in [1.82, 2.24) is 5.16 Å². The van der Waals surface area contributed by atoms with Gasteiger partial charge in [0.1, 0.15) is 6.61 Å². The average molecular weight is 233 g/mol. The lowest BCUT2D eigenvalue weighted by Gasteiger charge is -2.04. The molecule has 90 valence electrons. The van der Waals surface area contributed by atoms with Gasteiger partial charge in [-0.3, -0.25) is 0 Å². The molecule has 0 bridgehead atoms. The summed E-state index contributed by atoms with van der Waals surface area (Å²) < 4.78 is 10.6. The van der Waals surface area contributed by atoms with Crippen LogP contribution in [0, 0.1) is 0 Å². The number of rotatable bonds is 5. The summed E-state index contributed by atoms with van der Waals surface area (Å²) in [6.07, 6.45) is 1.94. The first-order chi connectivity index (χ1) is 8.29. The summed E-state index contributed by atoms with van der Waals surface area (Å²) in [5.41, 5.74) is 0.934. The van der Waals surface area contributed by atoms with Gasteiger partial charge >= 0.3 is 0 Å². The Bertz CT molecular complexity index is 479. The molecule has 17 heavy (non-hydrogen) atoms. The number of ether oxygens (including phenoxy) is 1. The Morgan fingerprint density at radius 2 is 2.18 bits per heavy atom. The number of hydrogen-bond donors (Lipinski definition) is 1. The zero-order chi connectivity index (χ0) is 12.1. The number of phenolic OH excluding ortho intramolecular Hbond substituents is 1. The lowest BCUT2D eigenvalue weighted by Crippen LogP contribution is -1.93. The molecule has 1 heterocycles. The second kappa shape index (κ2) is 5.39. The van der Waals surface area contributed by atoms with Crippen molar-refractivity contribution in [1.29, 1.82) is 0 Å². The predicted molar refractivity (Wildman–Crippen MR) is 62.9 cm³/mol. The highest BCUT2D eigenvalue weighted by Crippen LogP contribution is 2.25. The number of nitrogens with zero attached hydrogens (tertiary/aromatic N) is 1. The van der Waals surface area contributed by atoms with E-state index in [1.54, 1.807) is 24.3 Å². The van der Waals surface area contributed by atoms with Crippen molar-refractivity contribution >= 4 is 0 Å². The molecule has 4 nitrogen and oxygen atoms in total. The van der Waals surface area contributed by atoms with Gasteiger partial charge in [0.05, 0.1) is 5.69 Å². The standard InChI is InChI=1S/C13H15NO3/c1-2-5-10-8-11(17-14-10)9-16-13-7-4-3-6-12(13)15/h3-4,6-8,15H,2,5,9H2,1H3. The second-order valence-corrected chi connectivity index (χ2v) is 3.79. The number of aromatic hydroxyl groups is 1. The molecule has 0 aliphatic rings. The van der Waals surface area contributed by atoms with E-state index in [9.17, 15) is 5.11 Å². The fourth-order valence-electron chi connectivity index (χ4n) is 1.53. The van der Waals surface area contributed by atoms with E-state index < -0.39 is 0 Å². The molecule has 0 aliphatic heterocycles. The molecule has 0 radical (unpaired) electrons. The Morgan fingerprint density at radius 1 is 1.35 bits per heavy atom. The maximum absolute atomic E-state index is 9.51. The van der Waals surface area contributed by atoms with Crippen molar-refractivity contribution in [3.8, 4) is 11.5 Å². The molecular weight excluding hydrogens is 218 g/mol. The summed E-state index contributed by atoms with van der Waals surface area (Å²) in [5, 5.41) is 13.4. The molecule has 0 amide bonds. The van der Waals surface area contributed by atoms with Gasteiger partial charge in [-0.05, 0) is 18.6 Å². The summed E-state index contributed by atoms with van der Waals surface area (Å²) in [4.78, 5) is 0. The predicted octanol–water partition coefficient (Wildman–Crippen LogP) is 2.91. The molecule has 0 unspecified atom stereocenters. The van der Waals surface area contributed by atoms with E-state index >= 15 is 0 Å². The highest BCUT2D eigenvalue weighted by molar-refractivity contribution is 5.37. The molecule has 0 saturated carbocycles. The summed E-state index contributed by atoms with van der Waals surface area (Å²) in [5.74, 6) is 1.23. The fourth-order valence-corrected chi connectivity index (χ4v) is 1.53. The van der Waals surface area contributed by atoms with Crippen molar-refractivity contribution in [3.63, 3.8) is 0 Å². The lowest BCUT2D eigenvalue weighted by molar-refractivity contribution is 0.240. The minimum atomic E-state index is 0.126. The van der Waals surface area contributed by atoms with E-state index in [1.807, 2.05) is 6.07 Å². The zero-order valence-corrected chi connectivity index (χ0v) is 9.72. The second-order valence-electron chi connectivity index (χ2n) is 3.79. The van der Waals surface area contributed by atoms with E-state index in [1.165, 1.54) is 0 Å². The normalized spacial score (nSPS) is 10.4. The molecule has 0 saturated heterocycles. The third-order valence-electron chi connectivity index (χ3n) is 2.35. The van der Waals surface area contributed by atoms with Crippen molar-refractivity contribution in [2.75, 3.05) is 0 Å². The van der Waals surface area contributed by atoms with Gasteiger partial charge in [0.25, 0.3) is 0 Å². The molecule has 0 atom stereocenters. The topological polar surface area (TPSA) is 55.5 Å². The highest BCUT2D eigenvalue weighted by Gasteiger charge is 2.06. The van der Waals surface area contributed by atoms with Gasteiger partial charge in [0.2, 0.25) is 0 Å². The van der Waals surface area contributed by atoms with Crippen molar-refractivity contribution in [2.24, 2.45) is 0 Å². The molecule has 2 aromatic rings. The van der Waals surface area contributed by atoms with E-state index in [0.29, 0.717) is 11.5 Å². The third kappa shape index (κ3) is 3.00. The number of aryl methyl sites for hydroxylation is 1. The van der Waals surface area contributed by atoms with Crippen molar-refractivity contribution in [2.45, 2.75) is 26.4 Å². The number of para-hydroxylation sites is 2. The smallest absolute Gasteiger partial charge is 0.174 e. The van der Waals surface area contributed by atoms with Gasteiger partial charge in [-0.15, -0.1) is 0 Å². The van der Waals surface area contributed by atoms with Crippen LogP contribution in [0.1, 0.15) is 24.8 Å². The Morgan fingerprint density at radius 3 is 2.94 bits per heavy atom. The van der Waals surface area contributed by atoms with Crippen LogP contribution >= 0.6 is 0 Å². The first kappa shape index (κ1) is 11.5. The summed E-state index contributed by atoms with van der Waals surface area (Å²) in [6.45, 7) is 2.36. The molecule has 2 rings (SSSR count). The maximum atomic E-state index is 9.51. The molecule has 1 aromatic carbocycles. The molecule has 4 heteroatoms. The van der Waals surface area contributed by atoms with Crippen LogP contribution < -0.4 is 4.74 Å². The lowest BCUT2D eigenvalue weighted by atomic mass is 10.2. The number of phenols is 1.